The summed E-state index contributed by atoms with van der Waals surface area (Å²) < 4.78 is 32.8. The summed E-state index contributed by atoms with van der Waals surface area (Å²) in [5.41, 5.74) is 0. The Kier molecular flexibility index (Phi) is 10.5. The maximum atomic E-state index is 11.5. The first kappa shape index (κ1) is 21.2. The molecule has 0 bridgehead atoms. The molecule has 132 valence electrons. The third-order valence-corrected chi connectivity index (χ3v) is 3.39. The molecule has 3 atom stereocenters. The second-order valence-corrected chi connectivity index (χ2v) is 6.01. The summed E-state index contributed by atoms with van der Waals surface area (Å²) in [6.07, 6.45) is -0.829. The Morgan fingerprint density at radius 3 is 2.27 bits per heavy atom. The van der Waals surface area contributed by atoms with Crippen molar-refractivity contribution in [1.29, 1.82) is 0 Å². The summed E-state index contributed by atoms with van der Waals surface area (Å²) in [4.78, 5) is 11.5. The van der Waals surface area contributed by atoms with E-state index in [9.17, 15) is 28.5 Å². The highest BCUT2D eigenvalue weighted by Crippen LogP contribution is 2.04. The Morgan fingerprint density at radius 1 is 1.14 bits per heavy atom. The SMILES string of the molecule is CCCCCCCNC(=O)[C@H](O)[C@H](O)[C@H](O)COS(=O)(=O)O. The highest BCUT2D eigenvalue weighted by Gasteiger charge is 2.31. The van der Waals surface area contributed by atoms with Gasteiger partial charge in [-0.1, -0.05) is 32.6 Å². The van der Waals surface area contributed by atoms with Crippen molar-refractivity contribution in [2.24, 2.45) is 0 Å². The second-order valence-electron chi connectivity index (χ2n) is 4.92. The molecule has 0 radical (unpaired) electrons. The molecule has 0 aromatic heterocycles. The normalized spacial score (nSPS) is 16.0. The van der Waals surface area contributed by atoms with Gasteiger partial charge in [-0.15, -0.1) is 0 Å². The predicted molar refractivity (Wildman–Crippen MR) is 77.3 cm³/mol. The Balaban J connectivity index is 4.04. The Hall–Kier alpha value is -0.780. The molecule has 0 spiro atoms. The summed E-state index contributed by atoms with van der Waals surface area (Å²) in [5, 5.41) is 30.8. The summed E-state index contributed by atoms with van der Waals surface area (Å²) in [7, 11) is -4.78. The molecule has 0 fully saturated rings. The van der Waals surface area contributed by atoms with Crippen LogP contribution in [0.3, 0.4) is 0 Å². The van der Waals surface area contributed by atoms with Crippen molar-refractivity contribution in [3.05, 3.63) is 0 Å². The summed E-state index contributed by atoms with van der Waals surface area (Å²) >= 11 is 0. The minimum Gasteiger partial charge on any atom is -0.388 e. The number of nitrogens with one attached hydrogen (secondary N) is 1. The molecule has 5 N–H and O–H groups in total. The van der Waals surface area contributed by atoms with Crippen LogP contribution in [0.1, 0.15) is 39.0 Å². The number of unbranched alkanes of at least 4 members (excludes halogenated alkanes) is 4. The first-order valence-electron chi connectivity index (χ1n) is 7.12. The van der Waals surface area contributed by atoms with Gasteiger partial charge in [-0.3, -0.25) is 9.35 Å². The van der Waals surface area contributed by atoms with E-state index in [0.29, 0.717) is 6.54 Å². The first-order chi connectivity index (χ1) is 10.2. The number of aliphatic hydroxyl groups excluding tert-OH is 3. The van der Waals surface area contributed by atoms with Gasteiger partial charge in [0.25, 0.3) is 5.91 Å². The lowest BCUT2D eigenvalue weighted by atomic mass is 10.1. The highest BCUT2D eigenvalue weighted by molar-refractivity contribution is 7.80. The summed E-state index contributed by atoms with van der Waals surface area (Å²) in [6.45, 7) is 1.42. The minimum atomic E-state index is -4.78. The Bertz CT molecular complexity index is 413. The van der Waals surface area contributed by atoms with E-state index in [1.165, 1.54) is 0 Å². The van der Waals surface area contributed by atoms with Gasteiger partial charge in [-0.05, 0) is 6.42 Å². The van der Waals surface area contributed by atoms with Crippen LogP contribution in [-0.4, -0.2) is 65.7 Å². The van der Waals surface area contributed by atoms with Crippen molar-refractivity contribution in [3.8, 4) is 0 Å². The Labute approximate surface area is 130 Å². The molecule has 0 aromatic carbocycles. The number of rotatable bonds is 12. The van der Waals surface area contributed by atoms with Gasteiger partial charge in [0, 0.05) is 6.54 Å². The number of carbonyl (C=O) groups is 1. The van der Waals surface area contributed by atoms with Crippen LogP contribution < -0.4 is 5.32 Å². The standard InChI is InChI=1S/C12H25NO8S/c1-2-3-4-5-6-7-13-12(17)11(16)10(15)9(14)8-21-22(18,19)20/h9-11,14-16H,2-8H2,1H3,(H,13,17)(H,18,19,20)/t9-,10-,11-/m1/s1. The lowest BCUT2D eigenvalue weighted by Crippen LogP contribution is -2.48. The summed E-state index contributed by atoms with van der Waals surface area (Å²) in [5.74, 6) is -0.881. The summed E-state index contributed by atoms with van der Waals surface area (Å²) in [6, 6.07) is 0. The molecule has 0 aliphatic heterocycles. The number of hydrogen-bond donors (Lipinski definition) is 5. The predicted octanol–water partition coefficient (Wildman–Crippen LogP) is -1.02. The average molecular weight is 343 g/mol. The number of aliphatic hydroxyl groups is 3. The van der Waals surface area contributed by atoms with E-state index in [-0.39, 0.29) is 0 Å². The zero-order valence-corrected chi connectivity index (χ0v) is 13.3. The third kappa shape index (κ3) is 10.0. The smallest absolute Gasteiger partial charge is 0.388 e. The molecule has 10 heteroatoms. The first-order valence-corrected chi connectivity index (χ1v) is 8.49. The second kappa shape index (κ2) is 10.9. The maximum Gasteiger partial charge on any atom is 0.397 e. The van der Waals surface area contributed by atoms with E-state index in [1.54, 1.807) is 0 Å². The quantitative estimate of drug-likeness (QED) is 0.223. The van der Waals surface area contributed by atoms with Gasteiger partial charge in [-0.25, -0.2) is 4.18 Å². The van der Waals surface area contributed by atoms with Gasteiger partial charge < -0.3 is 20.6 Å². The molecule has 0 unspecified atom stereocenters. The lowest BCUT2D eigenvalue weighted by molar-refractivity contribution is -0.141. The average Bonchev–Trinajstić information content (AvgIpc) is 2.45. The van der Waals surface area contributed by atoms with Crippen LogP contribution in [0.25, 0.3) is 0 Å². The monoisotopic (exact) mass is 343 g/mol. The van der Waals surface area contributed by atoms with Crippen molar-refractivity contribution in [3.63, 3.8) is 0 Å². The van der Waals surface area contributed by atoms with Crippen LogP contribution in [0.15, 0.2) is 0 Å². The van der Waals surface area contributed by atoms with Crippen molar-refractivity contribution in [2.45, 2.75) is 57.3 Å². The number of amides is 1. The van der Waals surface area contributed by atoms with E-state index >= 15 is 0 Å². The fraction of sp³-hybridized carbons (Fsp3) is 0.917. The van der Waals surface area contributed by atoms with Crippen LogP contribution in [0.4, 0.5) is 0 Å². The van der Waals surface area contributed by atoms with Crippen LogP contribution >= 0.6 is 0 Å². The van der Waals surface area contributed by atoms with Gasteiger partial charge >= 0.3 is 10.4 Å². The molecular weight excluding hydrogens is 318 g/mol. The van der Waals surface area contributed by atoms with Gasteiger partial charge in [0.15, 0.2) is 6.10 Å². The zero-order chi connectivity index (χ0) is 17.2. The number of hydrogen-bond acceptors (Lipinski definition) is 7. The maximum absolute atomic E-state index is 11.5. The van der Waals surface area contributed by atoms with Crippen molar-refractivity contribution < 1.29 is 37.3 Å². The molecule has 0 aliphatic carbocycles. The lowest BCUT2D eigenvalue weighted by Gasteiger charge is -2.21. The van der Waals surface area contributed by atoms with E-state index < -0.39 is 41.2 Å². The van der Waals surface area contributed by atoms with Crippen LogP contribution in [0, 0.1) is 0 Å². The van der Waals surface area contributed by atoms with E-state index in [2.05, 4.69) is 16.4 Å². The molecule has 0 aromatic rings. The van der Waals surface area contributed by atoms with Crippen molar-refractivity contribution in [2.75, 3.05) is 13.2 Å². The van der Waals surface area contributed by atoms with Gasteiger partial charge in [0.2, 0.25) is 0 Å². The minimum absolute atomic E-state index is 0.323. The topological polar surface area (TPSA) is 153 Å². The fourth-order valence-electron chi connectivity index (χ4n) is 1.66. The zero-order valence-electron chi connectivity index (χ0n) is 12.5. The highest BCUT2D eigenvalue weighted by atomic mass is 32.3. The Morgan fingerprint density at radius 2 is 1.73 bits per heavy atom. The van der Waals surface area contributed by atoms with Crippen LogP contribution in [0.2, 0.25) is 0 Å². The molecular formula is C12H25NO8S. The molecule has 0 saturated heterocycles. The van der Waals surface area contributed by atoms with E-state index in [0.717, 1.165) is 32.1 Å². The molecule has 0 saturated carbocycles. The van der Waals surface area contributed by atoms with E-state index in [4.69, 9.17) is 4.55 Å². The van der Waals surface area contributed by atoms with Gasteiger partial charge in [-0.2, -0.15) is 8.42 Å². The van der Waals surface area contributed by atoms with Gasteiger partial charge in [0.05, 0.1) is 6.61 Å². The van der Waals surface area contributed by atoms with Gasteiger partial charge in [0.1, 0.15) is 12.2 Å². The van der Waals surface area contributed by atoms with Crippen LogP contribution in [-0.2, 0) is 19.4 Å². The largest absolute Gasteiger partial charge is 0.397 e. The molecule has 0 heterocycles. The van der Waals surface area contributed by atoms with E-state index in [1.807, 2.05) is 0 Å². The molecule has 0 aliphatic rings. The molecule has 9 nitrogen and oxygen atoms in total. The molecule has 22 heavy (non-hydrogen) atoms. The number of carbonyl (C=O) groups excluding carboxylic acids is 1. The molecule has 0 rings (SSSR count). The van der Waals surface area contributed by atoms with Crippen molar-refractivity contribution >= 4 is 16.3 Å². The third-order valence-electron chi connectivity index (χ3n) is 2.95. The van der Waals surface area contributed by atoms with Crippen LogP contribution in [0.5, 0.6) is 0 Å². The van der Waals surface area contributed by atoms with Crippen molar-refractivity contribution in [1.82, 2.24) is 5.32 Å². The molecule has 1 amide bonds. The fourth-order valence-corrected chi connectivity index (χ4v) is 1.98.